The van der Waals surface area contributed by atoms with Crippen molar-refractivity contribution in [3.05, 3.63) is 59.7 Å². The Labute approximate surface area is 151 Å². The van der Waals surface area contributed by atoms with Gasteiger partial charge in [-0.15, -0.1) is 0 Å². The van der Waals surface area contributed by atoms with Gasteiger partial charge in [0.05, 0.1) is 13.2 Å². The predicted molar refractivity (Wildman–Crippen MR) is 94.9 cm³/mol. The van der Waals surface area contributed by atoms with Gasteiger partial charge in [-0.1, -0.05) is 30.3 Å². The number of hydrogen-bond donors (Lipinski definition) is 4. The average Bonchev–Trinajstić information content (AvgIpc) is 2.67. The first-order valence-electron chi connectivity index (χ1n) is 8.19. The summed E-state index contributed by atoms with van der Waals surface area (Å²) >= 11 is 0. The zero-order valence-corrected chi connectivity index (χ0v) is 14.5. The molecule has 0 saturated carbocycles. The molecule has 1 amide bonds. The Bertz CT molecular complexity index is 706. The third-order valence-corrected chi connectivity index (χ3v) is 3.84. The molecule has 0 fully saturated rings. The van der Waals surface area contributed by atoms with Crippen LogP contribution in [0.4, 0.5) is 4.79 Å². The highest BCUT2D eigenvalue weighted by Gasteiger charge is 2.22. The third-order valence-electron chi connectivity index (χ3n) is 3.84. The lowest BCUT2D eigenvalue weighted by atomic mass is 10.0. The molecule has 0 aliphatic rings. The van der Waals surface area contributed by atoms with Gasteiger partial charge in [-0.3, -0.25) is 0 Å². The number of carbonyl (C=O) groups excluding carboxylic acids is 1. The summed E-state index contributed by atoms with van der Waals surface area (Å²) in [6.45, 7) is 0.256. The quantitative estimate of drug-likeness (QED) is 0.573. The Morgan fingerprint density at radius 2 is 1.88 bits per heavy atom. The van der Waals surface area contributed by atoms with Gasteiger partial charge in [0, 0.05) is 12.1 Å². The number of ether oxygens (including phenoxy) is 2. The summed E-state index contributed by atoms with van der Waals surface area (Å²) in [6.07, 6.45) is -3.02. The van der Waals surface area contributed by atoms with Crippen molar-refractivity contribution in [2.45, 2.75) is 25.2 Å². The number of carbonyl (C=O) groups is 1. The van der Waals surface area contributed by atoms with Crippen molar-refractivity contribution in [2.75, 3.05) is 13.7 Å². The molecule has 2 aromatic rings. The van der Waals surface area contributed by atoms with E-state index in [0.717, 1.165) is 5.56 Å². The fourth-order valence-corrected chi connectivity index (χ4v) is 2.36. The number of phenolic OH excluding ortho intramolecular Hbond substituents is 1. The molecule has 7 heteroatoms. The second-order valence-electron chi connectivity index (χ2n) is 5.71. The van der Waals surface area contributed by atoms with Crippen LogP contribution in [-0.4, -0.2) is 41.2 Å². The highest BCUT2D eigenvalue weighted by molar-refractivity contribution is 5.67. The molecule has 0 aliphatic carbocycles. The van der Waals surface area contributed by atoms with E-state index >= 15 is 0 Å². The fraction of sp³-hybridized carbons (Fsp3) is 0.316. The molecular formula is C19H23NO6. The predicted octanol–water partition coefficient (Wildman–Crippen LogP) is 2.11. The highest BCUT2D eigenvalue weighted by Crippen LogP contribution is 2.30. The fourth-order valence-electron chi connectivity index (χ4n) is 2.36. The Morgan fingerprint density at radius 1 is 1.15 bits per heavy atom. The molecule has 2 unspecified atom stereocenters. The summed E-state index contributed by atoms with van der Waals surface area (Å²) in [5.74, 6) is 0.305. The third kappa shape index (κ3) is 5.65. The van der Waals surface area contributed by atoms with Gasteiger partial charge in [0.1, 0.15) is 24.2 Å². The van der Waals surface area contributed by atoms with E-state index in [1.807, 2.05) is 30.3 Å². The number of alkyl carbamates (subject to hydrolysis) is 1. The molecule has 2 atom stereocenters. The van der Waals surface area contributed by atoms with E-state index in [9.17, 15) is 20.1 Å². The molecule has 4 N–H and O–H groups in total. The van der Waals surface area contributed by atoms with Crippen LogP contribution in [0.3, 0.4) is 0 Å². The van der Waals surface area contributed by atoms with E-state index < -0.39 is 18.3 Å². The van der Waals surface area contributed by atoms with Crippen molar-refractivity contribution in [1.29, 1.82) is 0 Å². The van der Waals surface area contributed by atoms with Crippen molar-refractivity contribution in [3.8, 4) is 11.5 Å². The Balaban J connectivity index is 1.77. The number of aromatic hydroxyl groups is 1. The lowest BCUT2D eigenvalue weighted by molar-refractivity contribution is 0.0122. The van der Waals surface area contributed by atoms with Gasteiger partial charge >= 0.3 is 6.09 Å². The zero-order chi connectivity index (χ0) is 18.9. The van der Waals surface area contributed by atoms with Crippen LogP contribution in [0, 0.1) is 0 Å². The number of benzene rings is 2. The number of nitrogens with one attached hydrogen (secondary N) is 1. The lowest BCUT2D eigenvalue weighted by Crippen LogP contribution is -2.29. The van der Waals surface area contributed by atoms with Crippen LogP contribution >= 0.6 is 0 Å². The lowest BCUT2D eigenvalue weighted by Gasteiger charge is -2.19. The van der Waals surface area contributed by atoms with Gasteiger partial charge in [-0.2, -0.15) is 0 Å². The first kappa shape index (κ1) is 19.6. The Hall–Kier alpha value is -2.77. The molecule has 2 rings (SSSR count). The maximum atomic E-state index is 11.6. The van der Waals surface area contributed by atoms with Crippen LogP contribution in [0.25, 0.3) is 0 Å². The van der Waals surface area contributed by atoms with Gasteiger partial charge in [0.2, 0.25) is 0 Å². The minimum absolute atomic E-state index is 0.0816. The minimum Gasteiger partial charge on any atom is -0.508 e. The first-order chi connectivity index (χ1) is 12.5. The summed E-state index contributed by atoms with van der Waals surface area (Å²) < 4.78 is 10.1. The van der Waals surface area contributed by atoms with E-state index in [0.29, 0.717) is 5.75 Å². The molecular weight excluding hydrogens is 338 g/mol. The molecule has 0 bridgehead atoms. The van der Waals surface area contributed by atoms with Crippen LogP contribution in [-0.2, 0) is 11.3 Å². The van der Waals surface area contributed by atoms with Crippen LogP contribution in [0.2, 0.25) is 0 Å². The number of hydrogen-bond acceptors (Lipinski definition) is 6. The Kier molecular flexibility index (Phi) is 7.25. The normalized spacial score (nSPS) is 12.9. The number of phenols is 1. The van der Waals surface area contributed by atoms with Crippen molar-refractivity contribution in [1.82, 2.24) is 5.32 Å². The first-order valence-corrected chi connectivity index (χ1v) is 8.19. The Morgan fingerprint density at radius 3 is 2.58 bits per heavy atom. The summed E-state index contributed by atoms with van der Waals surface area (Å²) in [7, 11) is 1.46. The topological polar surface area (TPSA) is 108 Å². The molecule has 140 valence electrons. The van der Waals surface area contributed by atoms with Crippen LogP contribution in [0.1, 0.15) is 23.7 Å². The van der Waals surface area contributed by atoms with Gasteiger partial charge in [-0.25, -0.2) is 4.79 Å². The standard InChI is InChI=1S/C19H23NO6/c1-25-14-7-8-16(21)15(11-14)18(23)17(22)9-10-20-19(24)26-12-13-5-3-2-4-6-13/h2-8,11,17-18,21-23H,9-10,12H2,1H3,(H,20,24). The monoisotopic (exact) mass is 361 g/mol. The second kappa shape index (κ2) is 9.65. The SMILES string of the molecule is COc1ccc(O)c(C(O)C(O)CCNC(=O)OCc2ccccc2)c1. The minimum atomic E-state index is -1.31. The van der Waals surface area contributed by atoms with E-state index in [-0.39, 0.29) is 30.9 Å². The van der Waals surface area contributed by atoms with E-state index in [1.54, 1.807) is 6.07 Å². The van der Waals surface area contributed by atoms with Crippen molar-refractivity contribution >= 4 is 6.09 Å². The second-order valence-corrected chi connectivity index (χ2v) is 5.71. The number of methoxy groups -OCH3 is 1. The van der Waals surface area contributed by atoms with Crippen LogP contribution in [0.5, 0.6) is 11.5 Å². The number of amides is 1. The molecule has 0 aliphatic heterocycles. The maximum absolute atomic E-state index is 11.6. The summed E-state index contributed by atoms with van der Waals surface area (Å²) in [6, 6.07) is 13.6. The maximum Gasteiger partial charge on any atom is 0.407 e. The van der Waals surface area contributed by atoms with Gasteiger partial charge in [0.15, 0.2) is 0 Å². The molecule has 0 radical (unpaired) electrons. The van der Waals surface area contributed by atoms with Crippen LogP contribution in [0.15, 0.2) is 48.5 Å². The van der Waals surface area contributed by atoms with Crippen LogP contribution < -0.4 is 10.1 Å². The number of aliphatic hydroxyl groups excluding tert-OH is 2. The van der Waals surface area contributed by atoms with Crippen molar-refractivity contribution in [3.63, 3.8) is 0 Å². The van der Waals surface area contributed by atoms with E-state index in [1.165, 1.54) is 19.2 Å². The largest absolute Gasteiger partial charge is 0.508 e. The number of rotatable bonds is 8. The van der Waals surface area contributed by atoms with Gasteiger partial charge in [0.25, 0.3) is 0 Å². The molecule has 2 aromatic carbocycles. The summed E-state index contributed by atoms with van der Waals surface area (Å²) in [5, 5.41) is 32.6. The summed E-state index contributed by atoms with van der Waals surface area (Å²) in [4.78, 5) is 11.6. The average molecular weight is 361 g/mol. The van der Waals surface area contributed by atoms with E-state index in [4.69, 9.17) is 9.47 Å². The molecule has 0 spiro atoms. The van der Waals surface area contributed by atoms with Gasteiger partial charge in [-0.05, 0) is 30.2 Å². The van der Waals surface area contributed by atoms with Gasteiger partial charge < -0.3 is 30.1 Å². The highest BCUT2D eigenvalue weighted by atomic mass is 16.5. The smallest absolute Gasteiger partial charge is 0.407 e. The summed E-state index contributed by atoms with van der Waals surface area (Å²) in [5.41, 5.74) is 1.02. The molecule has 7 nitrogen and oxygen atoms in total. The van der Waals surface area contributed by atoms with E-state index in [2.05, 4.69) is 5.32 Å². The molecule has 0 saturated heterocycles. The molecule has 0 heterocycles. The number of aliphatic hydroxyl groups is 2. The molecule has 26 heavy (non-hydrogen) atoms. The molecule has 0 aromatic heterocycles. The zero-order valence-electron chi connectivity index (χ0n) is 14.5. The van der Waals surface area contributed by atoms with Crippen molar-refractivity contribution < 1.29 is 29.6 Å². The van der Waals surface area contributed by atoms with Crippen molar-refractivity contribution in [2.24, 2.45) is 0 Å².